The lowest BCUT2D eigenvalue weighted by Gasteiger charge is -2.12. The van der Waals surface area contributed by atoms with Gasteiger partial charge in [-0.05, 0) is 11.8 Å². The van der Waals surface area contributed by atoms with Crippen LogP contribution in [-0.4, -0.2) is 0 Å². The van der Waals surface area contributed by atoms with Gasteiger partial charge in [0.15, 0.2) is 0 Å². The highest BCUT2D eigenvalue weighted by atomic mass is 14.1. The van der Waals surface area contributed by atoms with Gasteiger partial charge < -0.3 is 0 Å². The quantitative estimate of drug-likeness (QED) is 0.412. The van der Waals surface area contributed by atoms with E-state index in [-0.39, 0.29) is 0 Å². The zero-order valence-corrected chi connectivity index (χ0v) is 7.28. The summed E-state index contributed by atoms with van der Waals surface area (Å²) >= 11 is 0. The molecule has 0 fully saturated rings. The van der Waals surface area contributed by atoms with Gasteiger partial charge in [-0.2, -0.15) is 0 Å². The molecule has 0 radical (unpaired) electrons. The molecule has 0 heteroatoms. The van der Waals surface area contributed by atoms with Crippen LogP contribution in [0.4, 0.5) is 0 Å². The molecule has 0 N–H and O–H groups in total. The van der Waals surface area contributed by atoms with Crippen molar-refractivity contribution in [2.45, 2.75) is 33.6 Å². The van der Waals surface area contributed by atoms with E-state index in [9.17, 15) is 0 Å². The van der Waals surface area contributed by atoms with Crippen molar-refractivity contribution in [3.8, 4) is 0 Å². The van der Waals surface area contributed by atoms with Crippen LogP contribution in [0.1, 0.15) is 33.6 Å². The molecule has 0 aliphatic carbocycles. The molecular formula is C10H17+. The van der Waals surface area contributed by atoms with E-state index in [1.165, 1.54) is 6.42 Å². The standard InChI is InChI=1S/C10H17/c1-5-7-8-10(4)9(3)6-2/h9-10H,1,6,8H2,2-4H3/q+1. The zero-order valence-electron chi connectivity index (χ0n) is 7.28. The second-order valence-electron chi connectivity index (χ2n) is 2.92. The molecule has 10 heavy (non-hydrogen) atoms. The third-order valence-electron chi connectivity index (χ3n) is 2.16. The summed E-state index contributed by atoms with van der Waals surface area (Å²) in [5, 5.41) is 0. The van der Waals surface area contributed by atoms with E-state index >= 15 is 0 Å². The molecule has 0 aliphatic rings. The summed E-state index contributed by atoms with van der Waals surface area (Å²) < 4.78 is 0. The molecule has 0 bridgehead atoms. The fourth-order valence-electron chi connectivity index (χ4n) is 0.837. The predicted octanol–water partition coefficient (Wildman–Crippen LogP) is 3.20. The Morgan fingerprint density at radius 3 is 2.40 bits per heavy atom. The minimum Gasteiger partial charge on any atom is -0.0651 e. The fourth-order valence-corrected chi connectivity index (χ4v) is 0.837. The summed E-state index contributed by atoms with van der Waals surface area (Å²) in [6, 6.07) is 0. The van der Waals surface area contributed by atoms with Crippen LogP contribution in [0.3, 0.4) is 0 Å². The summed E-state index contributed by atoms with van der Waals surface area (Å²) in [7, 11) is 0. The maximum Gasteiger partial charge on any atom is 0.135 e. The molecule has 2 atom stereocenters. The van der Waals surface area contributed by atoms with Crippen LogP contribution in [0.5, 0.6) is 0 Å². The van der Waals surface area contributed by atoms with Gasteiger partial charge in [0, 0.05) is 0 Å². The second kappa shape index (κ2) is 5.23. The van der Waals surface area contributed by atoms with E-state index < -0.39 is 0 Å². The molecule has 0 aromatic rings. The molecule has 0 saturated heterocycles. The van der Waals surface area contributed by atoms with Gasteiger partial charge in [0.25, 0.3) is 0 Å². The lowest BCUT2D eigenvalue weighted by Crippen LogP contribution is -2.05. The Bertz CT molecular complexity index is 118. The molecule has 0 nitrogen and oxygen atoms in total. The van der Waals surface area contributed by atoms with E-state index in [0.717, 1.165) is 18.3 Å². The first kappa shape index (κ1) is 9.43. The molecule has 0 aliphatic heterocycles. The summed E-state index contributed by atoms with van der Waals surface area (Å²) in [5.41, 5.74) is 2.68. The van der Waals surface area contributed by atoms with Crippen molar-refractivity contribution in [3.63, 3.8) is 0 Å². The van der Waals surface area contributed by atoms with Gasteiger partial charge in [-0.3, -0.25) is 0 Å². The molecule has 0 aromatic heterocycles. The normalized spacial score (nSPS) is 15.1. The van der Waals surface area contributed by atoms with Gasteiger partial charge in [0.1, 0.15) is 11.8 Å². The maximum absolute atomic E-state index is 3.48. The van der Waals surface area contributed by atoms with E-state index in [0.29, 0.717) is 0 Å². The molecule has 0 heterocycles. The fraction of sp³-hybridized carbons (Fsp3) is 0.700. The minimum absolute atomic E-state index is 0.722. The highest BCUT2D eigenvalue weighted by Gasteiger charge is 2.10. The van der Waals surface area contributed by atoms with Crippen molar-refractivity contribution in [2.75, 3.05) is 0 Å². The second-order valence-corrected chi connectivity index (χ2v) is 2.92. The van der Waals surface area contributed by atoms with Crippen molar-refractivity contribution in [1.82, 2.24) is 0 Å². The summed E-state index contributed by atoms with van der Waals surface area (Å²) in [6.45, 7) is 10.2. The molecule has 0 aromatic carbocycles. The lowest BCUT2D eigenvalue weighted by atomic mass is 9.91. The number of hydrogen-bond donors (Lipinski definition) is 0. The van der Waals surface area contributed by atoms with Crippen LogP contribution in [0, 0.1) is 17.9 Å². The molecule has 0 spiro atoms. The van der Waals surface area contributed by atoms with Crippen LogP contribution in [0.15, 0.2) is 12.3 Å². The molecule has 0 saturated carbocycles. The van der Waals surface area contributed by atoms with Gasteiger partial charge in [0.2, 0.25) is 0 Å². The monoisotopic (exact) mass is 137 g/mol. The van der Waals surface area contributed by atoms with Crippen molar-refractivity contribution in [1.29, 1.82) is 0 Å². The highest BCUT2D eigenvalue weighted by Crippen LogP contribution is 2.17. The average Bonchev–Trinajstić information content (AvgIpc) is 1.98. The Hall–Kier alpha value is -0.570. The topological polar surface area (TPSA) is 0 Å². The number of allylic oxidation sites excluding steroid dienone is 1. The highest BCUT2D eigenvalue weighted by molar-refractivity contribution is 4.71. The maximum atomic E-state index is 3.48. The number of hydrogen-bond acceptors (Lipinski definition) is 0. The first-order valence-corrected chi connectivity index (χ1v) is 3.97. The Morgan fingerprint density at radius 2 is 2.00 bits per heavy atom. The predicted molar refractivity (Wildman–Crippen MR) is 45.6 cm³/mol. The van der Waals surface area contributed by atoms with Gasteiger partial charge in [-0.25, -0.2) is 0 Å². The zero-order chi connectivity index (χ0) is 7.98. The minimum atomic E-state index is 0.722. The molecular weight excluding hydrogens is 120 g/mol. The van der Waals surface area contributed by atoms with Crippen LogP contribution >= 0.6 is 0 Å². The largest absolute Gasteiger partial charge is 0.135 e. The summed E-state index contributed by atoms with van der Waals surface area (Å²) in [5.74, 6) is 1.51. The van der Waals surface area contributed by atoms with Gasteiger partial charge >= 0.3 is 0 Å². The van der Waals surface area contributed by atoms with Crippen LogP contribution in [0.25, 0.3) is 0 Å². The van der Waals surface area contributed by atoms with Crippen LogP contribution in [0.2, 0.25) is 0 Å². The average molecular weight is 137 g/mol. The van der Waals surface area contributed by atoms with Crippen molar-refractivity contribution >= 4 is 0 Å². The van der Waals surface area contributed by atoms with Gasteiger partial charge in [-0.15, -0.1) is 0 Å². The smallest absolute Gasteiger partial charge is 0.0651 e. The Morgan fingerprint density at radius 1 is 1.40 bits per heavy atom. The van der Waals surface area contributed by atoms with E-state index in [2.05, 4.69) is 39.2 Å². The summed E-state index contributed by atoms with van der Waals surface area (Å²) in [6.07, 6.45) is 5.25. The van der Waals surface area contributed by atoms with Crippen molar-refractivity contribution in [3.05, 3.63) is 18.4 Å². The third-order valence-corrected chi connectivity index (χ3v) is 2.16. The first-order valence-electron chi connectivity index (χ1n) is 3.97. The lowest BCUT2D eigenvalue weighted by molar-refractivity contribution is 0.377. The first-order chi connectivity index (χ1) is 4.72. The molecule has 0 rings (SSSR count). The van der Waals surface area contributed by atoms with E-state index in [1.54, 1.807) is 0 Å². The van der Waals surface area contributed by atoms with Crippen molar-refractivity contribution in [2.24, 2.45) is 11.8 Å². The van der Waals surface area contributed by atoms with Gasteiger partial charge in [-0.1, -0.05) is 27.2 Å². The molecule has 0 amide bonds. The van der Waals surface area contributed by atoms with E-state index in [4.69, 9.17) is 0 Å². The van der Waals surface area contributed by atoms with Crippen molar-refractivity contribution < 1.29 is 0 Å². The molecule has 2 unspecified atom stereocenters. The molecule has 56 valence electrons. The number of rotatable bonds is 4. The third kappa shape index (κ3) is 3.45. The Kier molecular flexibility index (Phi) is 4.94. The van der Waals surface area contributed by atoms with Gasteiger partial charge in [0.05, 0.1) is 13.0 Å². The summed E-state index contributed by atoms with van der Waals surface area (Å²) in [4.78, 5) is 0. The van der Waals surface area contributed by atoms with E-state index in [1.807, 2.05) is 0 Å². The van der Waals surface area contributed by atoms with Crippen LogP contribution < -0.4 is 0 Å². The van der Waals surface area contributed by atoms with Crippen LogP contribution in [-0.2, 0) is 0 Å². The SMILES string of the molecule is C=C=[C+]CC(C)C(C)CC. The Labute approximate surface area is 64.6 Å². The Balaban J connectivity index is 3.60.